The molecule has 0 aromatic rings. The summed E-state index contributed by atoms with van der Waals surface area (Å²) in [5.41, 5.74) is 1.98. The van der Waals surface area contributed by atoms with Crippen LogP contribution in [0.3, 0.4) is 0 Å². The van der Waals surface area contributed by atoms with Gasteiger partial charge in [-0.1, -0.05) is 18.7 Å². The predicted octanol–water partition coefficient (Wildman–Crippen LogP) is 2.19. The number of hydrogen-bond acceptors (Lipinski definition) is 2. The average molecular weight is 193 g/mol. The summed E-state index contributed by atoms with van der Waals surface area (Å²) in [5, 5.41) is 1.33. The molecule has 1 amide bonds. The summed E-state index contributed by atoms with van der Waals surface area (Å²) in [6.45, 7) is 7.64. The topological polar surface area (TPSA) is 29.5 Å². The second-order valence-corrected chi connectivity index (χ2v) is 3.16. The fraction of sp³-hybridized carbons (Fsp3) is 0.364. The molecule has 0 unspecified atom stereocenters. The average Bonchev–Trinajstić information content (AvgIpc) is 2.15. The van der Waals surface area contributed by atoms with Gasteiger partial charge in [-0.2, -0.15) is 5.06 Å². The van der Waals surface area contributed by atoms with Crippen molar-refractivity contribution in [2.45, 2.75) is 20.3 Å². The van der Waals surface area contributed by atoms with Gasteiger partial charge in [-0.15, -0.1) is 0 Å². The van der Waals surface area contributed by atoms with Crippen LogP contribution in [-0.2, 0) is 9.63 Å². The van der Waals surface area contributed by atoms with Crippen LogP contribution in [0, 0.1) is 0 Å². The van der Waals surface area contributed by atoms with Gasteiger partial charge in [0.2, 0.25) is 5.91 Å². The molecular formula is C11H15NO2. The van der Waals surface area contributed by atoms with E-state index in [1.54, 1.807) is 12.2 Å². The van der Waals surface area contributed by atoms with Crippen LogP contribution in [0.4, 0.5) is 0 Å². The Morgan fingerprint density at radius 3 is 2.93 bits per heavy atom. The lowest BCUT2D eigenvalue weighted by Crippen LogP contribution is -2.32. The van der Waals surface area contributed by atoms with E-state index in [2.05, 4.69) is 6.58 Å². The SMILES string of the molecule is C=C/C=C\C1=C(C)CCON1C(C)=O. The van der Waals surface area contributed by atoms with Gasteiger partial charge in [0.1, 0.15) is 0 Å². The first-order chi connectivity index (χ1) is 6.66. The molecule has 1 heterocycles. The predicted molar refractivity (Wildman–Crippen MR) is 55.1 cm³/mol. The zero-order valence-electron chi connectivity index (χ0n) is 8.62. The Morgan fingerprint density at radius 1 is 1.64 bits per heavy atom. The van der Waals surface area contributed by atoms with E-state index >= 15 is 0 Å². The molecule has 0 fully saturated rings. The summed E-state index contributed by atoms with van der Waals surface area (Å²) in [6, 6.07) is 0. The van der Waals surface area contributed by atoms with Gasteiger partial charge in [-0.25, -0.2) is 0 Å². The van der Waals surface area contributed by atoms with Crippen molar-refractivity contribution in [3.63, 3.8) is 0 Å². The van der Waals surface area contributed by atoms with Crippen molar-refractivity contribution in [3.05, 3.63) is 36.1 Å². The van der Waals surface area contributed by atoms with Crippen molar-refractivity contribution >= 4 is 5.91 Å². The van der Waals surface area contributed by atoms with E-state index < -0.39 is 0 Å². The van der Waals surface area contributed by atoms with E-state index in [4.69, 9.17) is 4.84 Å². The van der Waals surface area contributed by atoms with Gasteiger partial charge in [0.25, 0.3) is 0 Å². The summed E-state index contributed by atoms with van der Waals surface area (Å²) in [6.07, 6.45) is 6.17. The molecule has 3 heteroatoms. The van der Waals surface area contributed by atoms with Crippen LogP contribution in [-0.4, -0.2) is 17.6 Å². The summed E-state index contributed by atoms with van der Waals surface area (Å²) in [7, 11) is 0. The zero-order chi connectivity index (χ0) is 10.6. The van der Waals surface area contributed by atoms with Crippen LogP contribution < -0.4 is 0 Å². The van der Waals surface area contributed by atoms with E-state index in [0.29, 0.717) is 6.61 Å². The second-order valence-electron chi connectivity index (χ2n) is 3.16. The maximum absolute atomic E-state index is 11.2. The maximum atomic E-state index is 11.2. The number of allylic oxidation sites excluding steroid dienone is 3. The minimum atomic E-state index is -0.104. The normalized spacial score (nSPS) is 17.7. The smallest absolute Gasteiger partial charge is 0.247 e. The molecule has 1 rings (SSSR count). The lowest BCUT2D eigenvalue weighted by Gasteiger charge is -2.27. The van der Waals surface area contributed by atoms with Gasteiger partial charge in [0.15, 0.2) is 0 Å². The lowest BCUT2D eigenvalue weighted by molar-refractivity contribution is -0.174. The second kappa shape index (κ2) is 4.77. The van der Waals surface area contributed by atoms with E-state index in [0.717, 1.165) is 17.7 Å². The summed E-state index contributed by atoms with van der Waals surface area (Å²) >= 11 is 0. The van der Waals surface area contributed by atoms with Crippen LogP contribution >= 0.6 is 0 Å². The molecule has 0 radical (unpaired) electrons. The Labute approximate surface area is 84.3 Å². The zero-order valence-corrected chi connectivity index (χ0v) is 8.62. The largest absolute Gasteiger partial charge is 0.273 e. The van der Waals surface area contributed by atoms with Gasteiger partial charge in [0, 0.05) is 6.92 Å². The summed E-state index contributed by atoms with van der Waals surface area (Å²) < 4.78 is 0. The Morgan fingerprint density at radius 2 is 2.36 bits per heavy atom. The molecule has 0 N–H and O–H groups in total. The number of nitrogens with zero attached hydrogens (tertiary/aromatic N) is 1. The van der Waals surface area contributed by atoms with Gasteiger partial charge >= 0.3 is 0 Å². The first-order valence-electron chi connectivity index (χ1n) is 4.59. The number of hydroxylamine groups is 2. The van der Waals surface area contributed by atoms with Crippen LogP contribution in [0.5, 0.6) is 0 Å². The highest BCUT2D eigenvalue weighted by Crippen LogP contribution is 2.21. The van der Waals surface area contributed by atoms with Crippen molar-refractivity contribution in [1.29, 1.82) is 0 Å². The molecule has 14 heavy (non-hydrogen) atoms. The molecule has 0 bridgehead atoms. The molecule has 0 aromatic carbocycles. The van der Waals surface area contributed by atoms with Gasteiger partial charge in [-0.3, -0.25) is 9.63 Å². The summed E-state index contributed by atoms with van der Waals surface area (Å²) in [4.78, 5) is 16.5. The monoisotopic (exact) mass is 193 g/mol. The van der Waals surface area contributed by atoms with Crippen molar-refractivity contribution in [2.75, 3.05) is 6.61 Å². The van der Waals surface area contributed by atoms with Gasteiger partial charge in [-0.05, 0) is 25.0 Å². The van der Waals surface area contributed by atoms with Crippen molar-refractivity contribution in [1.82, 2.24) is 5.06 Å². The standard InChI is InChI=1S/C11H15NO2/c1-4-5-6-11-9(2)7-8-14-12(11)10(3)13/h4-6H,1,7-8H2,2-3H3/b6-5-. The molecule has 0 saturated heterocycles. The third kappa shape index (κ3) is 2.33. The van der Waals surface area contributed by atoms with E-state index in [1.165, 1.54) is 12.0 Å². The minimum Gasteiger partial charge on any atom is -0.273 e. The molecule has 0 aromatic heterocycles. The quantitative estimate of drug-likeness (QED) is 0.629. The number of amides is 1. The van der Waals surface area contributed by atoms with Crippen molar-refractivity contribution in [2.24, 2.45) is 0 Å². The van der Waals surface area contributed by atoms with Crippen LogP contribution in [0.25, 0.3) is 0 Å². The summed E-state index contributed by atoms with van der Waals surface area (Å²) in [5.74, 6) is -0.104. The number of hydrogen-bond donors (Lipinski definition) is 0. The fourth-order valence-electron chi connectivity index (χ4n) is 1.29. The first-order valence-corrected chi connectivity index (χ1v) is 4.59. The van der Waals surface area contributed by atoms with E-state index in [-0.39, 0.29) is 5.91 Å². The lowest BCUT2D eigenvalue weighted by atomic mass is 10.1. The van der Waals surface area contributed by atoms with E-state index in [1.807, 2.05) is 13.0 Å². The Bertz CT molecular complexity index is 302. The molecule has 0 spiro atoms. The molecule has 1 aliphatic rings. The molecule has 0 atom stereocenters. The first kappa shape index (κ1) is 10.7. The van der Waals surface area contributed by atoms with Crippen molar-refractivity contribution in [3.8, 4) is 0 Å². The Hall–Kier alpha value is -1.35. The van der Waals surface area contributed by atoms with E-state index in [9.17, 15) is 4.79 Å². The van der Waals surface area contributed by atoms with Crippen LogP contribution in [0.2, 0.25) is 0 Å². The number of carbonyl (C=O) groups excluding carboxylic acids is 1. The molecule has 1 aliphatic heterocycles. The highest BCUT2D eigenvalue weighted by Gasteiger charge is 2.19. The third-order valence-corrected chi connectivity index (χ3v) is 2.03. The molecule has 3 nitrogen and oxygen atoms in total. The minimum absolute atomic E-state index is 0.104. The highest BCUT2D eigenvalue weighted by molar-refractivity contribution is 5.75. The third-order valence-electron chi connectivity index (χ3n) is 2.03. The Kier molecular flexibility index (Phi) is 3.65. The van der Waals surface area contributed by atoms with Gasteiger partial charge in [0.05, 0.1) is 12.3 Å². The van der Waals surface area contributed by atoms with Crippen LogP contribution in [0.15, 0.2) is 36.1 Å². The Balaban J connectivity index is 2.96. The molecule has 76 valence electrons. The highest BCUT2D eigenvalue weighted by atomic mass is 16.7. The molecule has 0 aliphatic carbocycles. The van der Waals surface area contributed by atoms with Gasteiger partial charge < -0.3 is 0 Å². The number of rotatable bonds is 2. The molecular weight excluding hydrogens is 178 g/mol. The number of carbonyl (C=O) groups is 1. The fourth-order valence-corrected chi connectivity index (χ4v) is 1.29. The molecule has 0 saturated carbocycles. The van der Waals surface area contributed by atoms with Crippen molar-refractivity contribution < 1.29 is 9.63 Å². The van der Waals surface area contributed by atoms with Crippen LogP contribution in [0.1, 0.15) is 20.3 Å². The maximum Gasteiger partial charge on any atom is 0.247 e.